The fourth-order valence-electron chi connectivity index (χ4n) is 3.60. The van der Waals surface area contributed by atoms with E-state index in [1.807, 2.05) is 0 Å². The summed E-state index contributed by atoms with van der Waals surface area (Å²) in [6, 6.07) is 7.38. The number of benzene rings is 2. The highest BCUT2D eigenvalue weighted by molar-refractivity contribution is 5.99. The van der Waals surface area contributed by atoms with Crippen LogP contribution in [0, 0.1) is 10.1 Å². The number of carbonyl (C=O) groups excluding carboxylic acids is 2. The minimum absolute atomic E-state index is 0.0628. The monoisotopic (exact) mass is 471 g/mol. The van der Waals surface area contributed by atoms with Gasteiger partial charge in [0.2, 0.25) is 5.91 Å². The van der Waals surface area contributed by atoms with Crippen molar-refractivity contribution >= 4 is 23.3 Å². The van der Waals surface area contributed by atoms with Crippen molar-refractivity contribution < 1.29 is 27.7 Å². The summed E-state index contributed by atoms with van der Waals surface area (Å²) in [4.78, 5) is 34.5. The van der Waals surface area contributed by atoms with Gasteiger partial charge in [-0.05, 0) is 58.9 Å². The maximum atomic E-state index is 13.4. The van der Waals surface area contributed by atoms with Crippen LogP contribution in [0.15, 0.2) is 55.3 Å². The van der Waals surface area contributed by atoms with Gasteiger partial charge in [-0.1, -0.05) is 12.6 Å². The second-order valence-electron chi connectivity index (χ2n) is 7.41. The van der Waals surface area contributed by atoms with Gasteiger partial charge < -0.3 is 20.7 Å². The second-order valence-corrected chi connectivity index (χ2v) is 7.41. The highest BCUT2D eigenvalue weighted by Crippen LogP contribution is 2.35. The van der Waals surface area contributed by atoms with E-state index in [0.29, 0.717) is 29.7 Å². The first-order valence-electron chi connectivity index (χ1n) is 9.88. The molecule has 4 rings (SSSR count). The van der Waals surface area contributed by atoms with Crippen LogP contribution < -0.4 is 10.6 Å². The normalized spacial score (nSPS) is 13.1. The summed E-state index contributed by atoms with van der Waals surface area (Å²) in [6.45, 7) is 3.68. The molecule has 0 radical (unpaired) electrons. The zero-order valence-corrected chi connectivity index (χ0v) is 17.3. The molecule has 0 saturated carbocycles. The Morgan fingerprint density at radius 1 is 1.24 bits per heavy atom. The van der Waals surface area contributed by atoms with E-state index in [1.54, 1.807) is 6.07 Å². The number of halogens is 3. The molecule has 0 saturated heterocycles. The number of nitro groups is 1. The molecule has 0 atom stereocenters. The summed E-state index contributed by atoms with van der Waals surface area (Å²) >= 11 is 0. The highest BCUT2D eigenvalue weighted by atomic mass is 19.4. The fraction of sp³-hybridized carbons (Fsp3) is 0.136. The quantitative estimate of drug-likeness (QED) is 0.333. The lowest BCUT2D eigenvalue weighted by atomic mass is 9.96. The van der Waals surface area contributed by atoms with Gasteiger partial charge in [-0.15, -0.1) is 4.68 Å². The number of carbonyl (C=O) groups is 2. The van der Waals surface area contributed by atoms with E-state index in [-0.39, 0.29) is 22.8 Å². The van der Waals surface area contributed by atoms with E-state index in [2.05, 4.69) is 22.3 Å². The Bertz CT molecular complexity index is 1350. The van der Waals surface area contributed by atoms with Crippen molar-refractivity contribution in [3.05, 3.63) is 82.1 Å². The third-order valence-electron chi connectivity index (χ3n) is 5.17. The lowest BCUT2D eigenvalue weighted by molar-refractivity contribution is -0.389. The van der Waals surface area contributed by atoms with Crippen molar-refractivity contribution in [2.75, 3.05) is 11.9 Å². The third kappa shape index (κ3) is 4.37. The van der Waals surface area contributed by atoms with Crippen molar-refractivity contribution in [2.24, 2.45) is 0 Å². The molecule has 1 aliphatic rings. The minimum Gasteiger partial charge on any atom is -0.358 e. The van der Waals surface area contributed by atoms with Crippen LogP contribution in [0.4, 0.5) is 24.7 Å². The van der Waals surface area contributed by atoms with Crippen LogP contribution in [0.1, 0.15) is 21.5 Å². The molecule has 0 spiro atoms. The van der Waals surface area contributed by atoms with Crippen molar-refractivity contribution in [3.63, 3.8) is 0 Å². The summed E-state index contributed by atoms with van der Waals surface area (Å²) < 4.78 is 41.3. The maximum Gasteiger partial charge on any atom is 0.416 e. The lowest BCUT2D eigenvalue weighted by Gasteiger charge is -2.16. The topological polar surface area (TPSA) is 119 Å². The number of rotatable bonds is 5. The van der Waals surface area contributed by atoms with Crippen molar-refractivity contribution in [3.8, 4) is 16.8 Å². The van der Waals surface area contributed by atoms with E-state index in [4.69, 9.17) is 0 Å². The van der Waals surface area contributed by atoms with Crippen molar-refractivity contribution in [2.45, 2.75) is 12.6 Å². The van der Waals surface area contributed by atoms with E-state index in [0.717, 1.165) is 22.9 Å². The molecular weight excluding hydrogens is 455 g/mol. The molecule has 12 heteroatoms. The van der Waals surface area contributed by atoms with Gasteiger partial charge in [0, 0.05) is 17.8 Å². The number of alkyl halides is 3. The molecule has 0 fully saturated rings. The summed E-state index contributed by atoms with van der Waals surface area (Å²) in [5.41, 5.74) is 0.174. The zero-order chi connectivity index (χ0) is 24.6. The number of fused-ring (bicyclic) bond motifs is 1. The fourth-order valence-corrected chi connectivity index (χ4v) is 3.60. The summed E-state index contributed by atoms with van der Waals surface area (Å²) in [5.74, 6) is -1.55. The van der Waals surface area contributed by atoms with Gasteiger partial charge in [0.1, 0.15) is 5.56 Å². The Hall–Kier alpha value is -4.48. The number of nitrogens with zero attached hydrogens (tertiary/aromatic N) is 3. The largest absolute Gasteiger partial charge is 0.416 e. The van der Waals surface area contributed by atoms with Gasteiger partial charge >= 0.3 is 12.0 Å². The summed E-state index contributed by atoms with van der Waals surface area (Å²) in [7, 11) is 0. The number of aromatic nitrogens is 2. The van der Waals surface area contributed by atoms with E-state index >= 15 is 0 Å². The molecule has 1 aromatic heterocycles. The number of anilines is 1. The minimum atomic E-state index is -4.75. The van der Waals surface area contributed by atoms with Gasteiger partial charge in [0.25, 0.3) is 5.91 Å². The molecule has 2 heterocycles. The van der Waals surface area contributed by atoms with Gasteiger partial charge in [0.15, 0.2) is 0 Å². The summed E-state index contributed by atoms with van der Waals surface area (Å²) in [5, 5.41) is 20.5. The number of amides is 2. The predicted octanol–water partition coefficient (Wildman–Crippen LogP) is 3.88. The molecule has 0 aliphatic carbocycles. The van der Waals surface area contributed by atoms with Gasteiger partial charge in [-0.3, -0.25) is 9.59 Å². The standard InChI is InChI=1S/C22H16F3N5O4/c1-2-19(31)27-15-8-14(22(23,24)25)9-16(10-15)29-11-18(20(28-29)30(33)34)12-3-4-17-13(7-12)5-6-26-21(17)32/h2-4,7-11H,1,5-6H2,(H,26,32)(H,27,31). The van der Waals surface area contributed by atoms with Crippen LogP contribution in [0.5, 0.6) is 0 Å². The Labute approximate surface area is 190 Å². The third-order valence-corrected chi connectivity index (χ3v) is 5.17. The first kappa shape index (κ1) is 22.7. The van der Waals surface area contributed by atoms with Crippen LogP contribution in [0.2, 0.25) is 0 Å². The van der Waals surface area contributed by atoms with Crippen molar-refractivity contribution in [1.82, 2.24) is 15.1 Å². The molecule has 0 unspecified atom stereocenters. The van der Waals surface area contributed by atoms with Gasteiger partial charge in [-0.25, -0.2) is 0 Å². The average molecular weight is 471 g/mol. The van der Waals surface area contributed by atoms with Gasteiger partial charge in [0.05, 0.1) is 22.5 Å². The SMILES string of the molecule is C=CC(=O)Nc1cc(-n2cc(-c3ccc4c(c3)CCNC4=O)c([N+](=O)[O-])n2)cc(C(F)(F)F)c1. The molecule has 9 nitrogen and oxygen atoms in total. The van der Waals surface area contributed by atoms with Gasteiger partial charge in [-0.2, -0.15) is 13.2 Å². The lowest BCUT2D eigenvalue weighted by Crippen LogP contribution is -2.31. The molecule has 0 bridgehead atoms. The molecule has 34 heavy (non-hydrogen) atoms. The highest BCUT2D eigenvalue weighted by Gasteiger charge is 2.32. The molecule has 174 valence electrons. The Morgan fingerprint density at radius 2 is 2.00 bits per heavy atom. The molecular formula is C22H16F3N5O4. The average Bonchev–Trinajstić information content (AvgIpc) is 3.24. The summed E-state index contributed by atoms with van der Waals surface area (Å²) in [6.07, 6.45) is -2.09. The Balaban J connectivity index is 1.84. The van der Waals surface area contributed by atoms with Crippen LogP contribution in [0.25, 0.3) is 16.8 Å². The predicted molar refractivity (Wildman–Crippen MR) is 116 cm³/mol. The van der Waals surface area contributed by atoms with Crippen LogP contribution in [-0.4, -0.2) is 33.1 Å². The second kappa shape index (κ2) is 8.46. The maximum absolute atomic E-state index is 13.4. The number of nitrogens with one attached hydrogen (secondary N) is 2. The first-order valence-corrected chi connectivity index (χ1v) is 9.88. The van der Waals surface area contributed by atoms with E-state index in [1.165, 1.54) is 24.4 Å². The smallest absolute Gasteiger partial charge is 0.358 e. The molecule has 2 amide bonds. The van der Waals surface area contributed by atoms with Crippen molar-refractivity contribution in [1.29, 1.82) is 0 Å². The Kier molecular flexibility index (Phi) is 5.65. The zero-order valence-electron chi connectivity index (χ0n) is 17.3. The molecule has 3 aromatic rings. The number of hydrogen-bond donors (Lipinski definition) is 2. The molecule has 1 aliphatic heterocycles. The van der Waals surface area contributed by atoms with Crippen LogP contribution >= 0.6 is 0 Å². The first-order chi connectivity index (χ1) is 16.1. The van der Waals surface area contributed by atoms with Crippen LogP contribution in [-0.2, 0) is 17.4 Å². The molecule has 2 aromatic carbocycles. The molecule has 2 N–H and O–H groups in total. The Morgan fingerprint density at radius 3 is 2.68 bits per heavy atom. The van der Waals surface area contributed by atoms with Crippen LogP contribution in [0.3, 0.4) is 0 Å². The van der Waals surface area contributed by atoms with E-state index in [9.17, 15) is 32.9 Å². The number of hydrogen-bond acceptors (Lipinski definition) is 5. The van der Waals surface area contributed by atoms with E-state index < -0.39 is 28.4 Å².